The number of hydrogen-bond acceptors (Lipinski definition) is 4. The van der Waals surface area contributed by atoms with Crippen LogP contribution in [0, 0.1) is 5.92 Å². The lowest BCUT2D eigenvalue weighted by Crippen LogP contribution is -2.40. The van der Waals surface area contributed by atoms with Gasteiger partial charge in [0.15, 0.2) is 0 Å². The second-order valence-corrected chi connectivity index (χ2v) is 8.83. The summed E-state index contributed by atoms with van der Waals surface area (Å²) < 4.78 is 27.2. The number of nitrogens with zero attached hydrogens (tertiary/aromatic N) is 1. The van der Waals surface area contributed by atoms with E-state index in [-0.39, 0.29) is 9.23 Å². The minimum absolute atomic E-state index is 0.123. The highest BCUT2D eigenvalue weighted by molar-refractivity contribution is 7.89. The molecule has 1 atom stereocenters. The number of halogens is 2. The van der Waals surface area contributed by atoms with Crippen molar-refractivity contribution in [2.24, 2.45) is 11.7 Å². The standard InChI is InChI=1S/C11H16Cl2N2O2S2/c12-10-6-9(11(13)18-10)19(16,17)15-5-1-2-8(7-15)3-4-14/h6,8H,1-5,7,14H2. The molecule has 2 heterocycles. The number of piperidine rings is 1. The van der Waals surface area contributed by atoms with Gasteiger partial charge in [0.1, 0.15) is 9.23 Å². The molecule has 0 saturated carbocycles. The van der Waals surface area contributed by atoms with Crippen molar-refractivity contribution in [3.05, 3.63) is 14.7 Å². The van der Waals surface area contributed by atoms with E-state index < -0.39 is 10.0 Å². The van der Waals surface area contributed by atoms with Crippen LogP contribution in [0.1, 0.15) is 19.3 Å². The average molecular weight is 343 g/mol. The Balaban J connectivity index is 2.22. The highest BCUT2D eigenvalue weighted by Crippen LogP contribution is 2.37. The largest absolute Gasteiger partial charge is 0.330 e. The van der Waals surface area contributed by atoms with Crippen LogP contribution in [-0.2, 0) is 10.0 Å². The molecular formula is C11H16Cl2N2O2S2. The van der Waals surface area contributed by atoms with Gasteiger partial charge in [-0.1, -0.05) is 23.2 Å². The van der Waals surface area contributed by atoms with Gasteiger partial charge in [-0.15, -0.1) is 11.3 Å². The molecule has 19 heavy (non-hydrogen) atoms. The topological polar surface area (TPSA) is 63.4 Å². The Morgan fingerprint density at radius 1 is 1.47 bits per heavy atom. The lowest BCUT2D eigenvalue weighted by molar-refractivity contribution is 0.258. The third-order valence-corrected chi connectivity index (χ3v) is 6.92. The first kappa shape index (κ1) is 15.5. The molecule has 1 aromatic rings. The quantitative estimate of drug-likeness (QED) is 0.914. The molecule has 1 saturated heterocycles. The molecule has 108 valence electrons. The second kappa shape index (κ2) is 6.28. The number of thiophene rings is 1. The summed E-state index contributed by atoms with van der Waals surface area (Å²) in [6.07, 6.45) is 2.74. The van der Waals surface area contributed by atoms with Gasteiger partial charge in [0.2, 0.25) is 10.0 Å². The summed E-state index contributed by atoms with van der Waals surface area (Å²) >= 11 is 12.9. The summed E-state index contributed by atoms with van der Waals surface area (Å²) in [5, 5.41) is 0. The molecule has 4 nitrogen and oxygen atoms in total. The summed E-state index contributed by atoms with van der Waals surface area (Å²) in [5.41, 5.74) is 5.55. The van der Waals surface area contributed by atoms with Crippen LogP contribution in [0.3, 0.4) is 0 Å². The first-order valence-electron chi connectivity index (χ1n) is 6.10. The molecule has 1 aliphatic rings. The molecule has 1 aromatic heterocycles. The van der Waals surface area contributed by atoms with Crippen LogP contribution >= 0.6 is 34.5 Å². The summed E-state index contributed by atoms with van der Waals surface area (Å²) in [6, 6.07) is 1.43. The van der Waals surface area contributed by atoms with Crippen LogP contribution in [0.2, 0.25) is 8.67 Å². The van der Waals surface area contributed by atoms with Gasteiger partial charge in [-0.2, -0.15) is 4.31 Å². The van der Waals surface area contributed by atoms with E-state index in [0.717, 1.165) is 30.6 Å². The Kier molecular flexibility index (Phi) is 5.14. The monoisotopic (exact) mass is 342 g/mol. The first-order chi connectivity index (χ1) is 8.95. The van der Waals surface area contributed by atoms with E-state index in [1.54, 1.807) is 0 Å². The number of sulfonamides is 1. The van der Waals surface area contributed by atoms with Crippen molar-refractivity contribution in [1.29, 1.82) is 0 Å². The molecule has 1 aliphatic heterocycles. The smallest absolute Gasteiger partial charge is 0.245 e. The normalized spacial score (nSPS) is 21.7. The van der Waals surface area contributed by atoms with E-state index >= 15 is 0 Å². The summed E-state index contributed by atoms with van der Waals surface area (Å²) in [5.74, 6) is 0.335. The van der Waals surface area contributed by atoms with Gasteiger partial charge in [-0.05, 0) is 37.8 Å². The summed E-state index contributed by atoms with van der Waals surface area (Å²) in [7, 11) is -3.54. The van der Waals surface area contributed by atoms with Gasteiger partial charge in [-0.25, -0.2) is 8.42 Å². The van der Waals surface area contributed by atoms with Crippen LogP contribution in [0.4, 0.5) is 0 Å². The molecule has 1 unspecified atom stereocenters. The van der Waals surface area contributed by atoms with Crippen LogP contribution in [0.25, 0.3) is 0 Å². The zero-order valence-corrected chi connectivity index (χ0v) is 13.5. The fourth-order valence-corrected chi connectivity index (χ4v) is 6.02. The van der Waals surface area contributed by atoms with Crippen molar-refractivity contribution in [1.82, 2.24) is 4.31 Å². The van der Waals surface area contributed by atoms with Gasteiger partial charge < -0.3 is 5.73 Å². The summed E-state index contributed by atoms with van der Waals surface area (Å²) in [6.45, 7) is 1.64. The average Bonchev–Trinajstić information content (AvgIpc) is 2.70. The Labute approximate surface area is 127 Å². The third-order valence-electron chi connectivity index (χ3n) is 3.30. The van der Waals surface area contributed by atoms with E-state index in [0.29, 0.717) is 29.9 Å². The van der Waals surface area contributed by atoms with Crippen molar-refractivity contribution < 1.29 is 8.42 Å². The number of nitrogens with two attached hydrogens (primary N) is 1. The van der Waals surface area contributed by atoms with Crippen LogP contribution in [0.15, 0.2) is 11.0 Å². The molecular weight excluding hydrogens is 327 g/mol. The molecule has 2 N–H and O–H groups in total. The van der Waals surface area contributed by atoms with Crippen molar-refractivity contribution in [3.63, 3.8) is 0 Å². The molecule has 1 fully saturated rings. The SMILES string of the molecule is NCCC1CCCN(S(=O)(=O)c2cc(Cl)sc2Cl)C1. The predicted octanol–water partition coefficient (Wildman–Crippen LogP) is 2.80. The van der Waals surface area contributed by atoms with Crippen molar-refractivity contribution in [3.8, 4) is 0 Å². The lowest BCUT2D eigenvalue weighted by atomic mass is 9.96. The van der Waals surface area contributed by atoms with Crippen LogP contribution in [0.5, 0.6) is 0 Å². The minimum atomic E-state index is -3.54. The Bertz CT molecular complexity index is 543. The van der Waals surface area contributed by atoms with Crippen molar-refractivity contribution in [2.45, 2.75) is 24.2 Å². The fraction of sp³-hybridized carbons (Fsp3) is 0.636. The highest BCUT2D eigenvalue weighted by atomic mass is 35.5. The number of rotatable bonds is 4. The van der Waals surface area contributed by atoms with E-state index in [1.165, 1.54) is 10.4 Å². The molecule has 0 aromatic carbocycles. The highest BCUT2D eigenvalue weighted by Gasteiger charge is 2.32. The van der Waals surface area contributed by atoms with E-state index in [1.807, 2.05) is 0 Å². The zero-order valence-electron chi connectivity index (χ0n) is 10.3. The zero-order chi connectivity index (χ0) is 14.0. The number of hydrogen-bond donors (Lipinski definition) is 1. The van der Waals surface area contributed by atoms with Gasteiger partial charge in [0.05, 0.1) is 4.34 Å². The van der Waals surface area contributed by atoms with E-state index in [2.05, 4.69) is 0 Å². The van der Waals surface area contributed by atoms with Crippen molar-refractivity contribution >= 4 is 44.6 Å². The van der Waals surface area contributed by atoms with Crippen molar-refractivity contribution in [2.75, 3.05) is 19.6 Å². The van der Waals surface area contributed by atoms with Gasteiger partial charge in [0.25, 0.3) is 0 Å². The maximum atomic E-state index is 12.5. The molecule has 0 amide bonds. The molecule has 0 radical (unpaired) electrons. The molecule has 8 heteroatoms. The van der Waals surface area contributed by atoms with Gasteiger partial charge >= 0.3 is 0 Å². The lowest BCUT2D eigenvalue weighted by Gasteiger charge is -2.31. The molecule has 0 bridgehead atoms. The van der Waals surface area contributed by atoms with Crippen LogP contribution < -0.4 is 5.73 Å². The maximum absolute atomic E-state index is 12.5. The first-order valence-corrected chi connectivity index (χ1v) is 9.11. The van der Waals surface area contributed by atoms with E-state index in [9.17, 15) is 8.42 Å². The van der Waals surface area contributed by atoms with Gasteiger partial charge in [-0.3, -0.25) is 0 Å². The third kappa shape index (κ3) is 3.43. The Morgan fingerprint density at radius 2 is 2.21 bits per heavy atom. The predicted molar refractivity (Wildman–Crippen MR) is 79.5 cm³/mol. The Morgan fingerprint density at radius 3 is 2.79 bits per heavy atom. The summed E-state index contributed by atoms with van der Waals surface area (Å²) in [4.78, 5) is 0.123. The molecule has 0 aliphatic carbocycles. The van der Waals surface area contributed by atoms with E-state index in [4.69, 9.17) is 28.9 Å². The second-order valence-electron chi connectivity index (χ2n) is 4.64. The van der Waals surface area contributed by atoms with Crippen LogP contribution in [-0.4, -0.2) is 32.4 Å². The molecule has 0 spiro atoms. The molecule has 2 rings (SSSR count). The fourth-order valence-electron chi connectivity index (χ4n) is 2.36. The van der Waals surface area contributed by atoms with Gasteiger partial charge in [0, 0.05) is 13.1 Å². The Hall–Kier alpha value is 0.150. The maximum Gasteiger partial charge on any atom is 0.245 e. The minimum Gasteiger partial charge on any atom is -0.330 e.